The van der Waals surface area contributed by atoms with Crippen LogP contribution in [-0.2, 0) is 4.79 Å². The lowest BCUT2D eigenvalue weighted by Crippen LogP contribution is -2.25. The van der Waals surface area contributed by atoms with Crippen molar-refractivity contribution < 1.29 is 4.79 Å². The Morgan fingerprint density at radius 1 is 1.05 bits per heavy atom. The Morgan fingerprint density at radius 3 is 2.30 bits per heavy atom. The molecule has 0 aliphatic carbocycles. The summed E-state index contributed by atoms with van der Waals surface area (Å²) in [5.74, 6) is 0.252. The third-order valence-corrected chi connectivity index (χ3v) is 3.18. The van der Waals surface area contributed by atoms with Crippen LogP contribution in [0.15, 0.2) is 66.7 Å². The maximum Gasteiger partial charge on any atom is 0.244 e. The third kappa shape index (κ3) is 4.39. The van der Waals surface area contributed by atoms with Crippen LogP contribution in [0.3, 0.4) is 0 Å². The van der Waals surface area contributed by atoms with Crippen LogP contribution in [0, 0.1) is 0 Å². The molecule has 2 aromatic rings. The zero-order valence-electron chi connectivity index (χ0n) is 11.6. The number of benzene rings is 2. The number of rotatable bonds is 5. The second-order valence-corrected chi connectivity index (χ2v) is 4.80. The van der Waals surface area contributed by atoms with E-state index in [0.29, 0.717) is 12.5 Å². The molecule has 102 valence electrons. The van der Waals surface area contributed by atoms with E-state index in [1.165, 1.54) is 5.56 Å². The maximum atomic E-state index is 11.8. The lowest BCUT2D eigenvalue weighted by molar-refractivity contribution is -0.116. The van der Waals surface area contributed by atoms with Gasteiger partial charge in [-0.3, -0.25) is 4.79 Å². The van der Waals surface area contributed by atoms with Gasteiger partial charge in [0.25, 0.3) is 0 Å². The first-order valence-electron chi connectivity index (χ1n) is 6.81. The highest BCUT2D eigenvalue weighted by atomic mass is 16.1. The summed E-state index contributed by atoms with van der Waals surface area (Å²) in [5, 5.41) is 2.93. The summed E-state index contributed by atoms with van der Waals surface area (Å²) >= 11 is 0. The normalized spacial score (nSPS) is 12.2. The molecule has 1 atom stereocenters. The van der Waals surface area contributed by atoms with Gasteiger partial charge in [-0.2, -0.15) is 0 Å². The molecule has 2 heteroatoms. The first kappa shape index (κ1) is 14.1. The molecule has 2 rings (SSSR count). The second-order valence-electron chi connectivity index (χ2n) is 4.80. The Morgan fingerprint density at radius 2 is 1.65 bits per heavy atom. The third-order valence-electron chi connectivity index (χ3n) is 3.18. The van der Waals surface area contributed by atoms with Gasteiger partial charge in [0.1, 0.15) is 0 Å². The summed E-state index contributed by atoms with van der Waals surface area (Å²) in [4.78, 5) is 11.8. The fourth-order valence-corrected chi connectivity index (χ4v) is 1.95. The van der Waals surface area contributed by atoms with Crippen LogP contribution in [-0.4, -0.2) is 12.5 Å². The minimum absolute atomic E-state index is 0.0587. The zero-order valence-corrected chi connectivity index (χ0v) is 11.6. The summed E-state index contributed by atoms with van der Waals surface area (Å²) in [6, 6.07) is 20.0. The SMILES string of the molecule is CC(CNC(=O)/C=C/c1ccccc1)c1ccccc1. The standard InChI is InChI=1S/C18H19NO/c1-15(17-10-6-3-7-11-17)14-19-18(20)13-12-16-8-4-2-5-9-16/h2-13,15H,14H2,1H3,(H,19,20)/b13-12+. The molecular formula is C18H19NO. The summed E-state index contributed by atoms with van der Waals surface area (Å²) in [6.45, 7) is 2.75. The monoisotopic (exact) mass is 265 g/mol. The van der Waals surface area contributed by atoms with Gasteiger partial charge >= 0.3 is 0 Å². The van der Waals surface area contributed by atoms with E-state index in [1.54, 1.807) is 6.08 Å². The minimum atomic E-state index is -0.0587. The van der Waals surface area contributed by atoms with E-state index in [2.05, 4.69) is 24.4 Å². The van der Waals surface area contributed by atoms with Gasteiger partial charge in [0.2, 0.25) is 5.91 Å². The Bertz CT molecular complexity index is 560. The fourth-order valence-electron chi connectivity index (χ4n) is 1.95. The number of carbonyl (C=O) groups is 1. The van der Waals surface area contributed by atoms with Gasteiger partial charge in [0, 0.05) is 12.6 Å². The van der Waals surface area contributed by atoms with Gasteiger partial charge in [0.05, 0.1) is 0 Å². The van der Waals surface area contributed by atoms with Gasteiger partial charge in [-0.25, -0.2) is 0 Å². The topological polar surface area (TPSA) is 29.1 Å². The Balaban J connectivity index is 1.82. The molecule has 0 bridgehead atoms. The highest BCUT2D eigenvalue weighted by molar-refractivity contribution is 5.91. The largest absolute Gasteiger partial charge is 0.352 e. The van der Waals surface area contributed by atoms with Gasteiger partial charge in [-0.1, -0.05) is 67.6 Å². The lowest BCUT2D eigenvalue weighted by Gasteiger charge is -2.11. The number of amides is 1. The molecule has 0 heterocycles. The highest BCUT2D eigenvalue weighted by Gasteiger charge is 2.05. The molecule has 0 aliphatic rings. The molecule has 0 radical (unpaired) electrons. The van der Waals surface area contributed by atoms with E-state index in [0.717, 1.165) is 5.56 Å². The molecule has 1 unspecified atom stereocenters. The first-order chi connectivity index (χ1) is 9.75. The Labute approximate surface area is 120 Å². The summed E-state index contributed by atoms with van der Waals surface area (Å²) < 4.78 is 0. The molecule has 20 heavy (non-hydrogen) atoms. The fraction of sp³-hybridized carbons (Fsp3) is 0.167. The first-order valence-corrected chi connectivity index (χ1v) is 6.81. The van der Waals surface area contributed by atoms with Crippen LogP contribution < -0.4 is 5.32 Å². The van der Waals surface area contributed by atoms with Crippen LogP contribution in [0.25, 0.3) is 6.08 Å². The molecule has 0 spiro atoms. The van der Waals surface area contributed by atoms with Crippen molar-refractivity contribution in [2.75, 3.05) is 6.54 Å². The molecule has 0 saturated carbocycles. The average Bonchev–Trinajstić information content (AvgIpc) is 2.52. The van der Waals surface area contributed by atoms with E-state index in [-0.39, 0.29) is 5.91 Å². The van der Waals surface area contributed by atoms with E-state index < -0.39 is 0 Å². The number of carbonyl (C=O) groups excluding carboxylic acids is 1. The summed E-state index contributed by atoms with van der Waals surface area (Å²) in [6.07, 6.45) is 3.40. The molecule has 0 fully saturated rings. The summed E-state index contributed by atoms with van der Waals surface area (Å²) in [5.41, 5.74) is 2.26. The highest BCUT2D eigenvalue weighted by Crippen LogP contribution is 2.12. The van der Waals surface area contributed by atoms with E-state index >= 15 is 0 Å². The Hall–Kier alpha value is -2.35. The molecule has 0 aromatic heterocycles. The molecule has 2 aromatic carbocycles. The summed E-state index contributed by atoms with van der Waals surface area (Å²) in [7, 11) is 0. The number of hydrogen-bond acceptors (Lipinski definition) is 1. The predicted molar refractivity (Wildman–Crippen MR) is 83.3 cm³/mol. The van der Waals surface area contributed by atoms with Crippen molar-refractivity contribution in [2.24, 2.45) is 0 Å². The second kappa shape index (κ2) is 7.29. The molecule has 1 amide bonds. The van der Waals surface area contributed by atoms with Crippen molar-refractivity contribution in [3.8, 4) is 0 Å². The molecule has 0 aliphatic heterocycles. The average molecular weight is 265 g/mol. The van der Waals surface area contributed by atoms with Crippen LogP contribution >= 0.6 is 0 Å². The van der Waals surface area contributed by atoms with Crippen LogP contribution in [0.1, 0.15) is 24.0 Å². The quantitative estimate of drug-likeness (QED) is 0.822. The van der Waals surface area contributed by atoms with Crippen molar-refractivity contribution in [3.05, 3.63) is 77.9 Å². The van der Waals surface area contributed by atoms with Crippen LogP contribution in [0.2, 0.25) is 0 Å². The van der Waals surface area contributed by atoms with Crippen LogP contribution in [0.5, 0.6) is 0 Å². The molecule has 0 saturated heterocycles. The van der Waals surface area contributed by atoms with Gasteiger partial charge in [-0.05, 0) is 23.1 Å². The van der Waals surface area contributed by atoms with Gasteiger partial charge in [0.15, 0.2) is 0 Å². The predicted octanol–water partition coefficient (Wildman–Crippen LogP) is 3.62. The smallest absolute Gasteiger partial charge is 0.244 e. The van der Waals surface area contributed by atoms with Crippen molar-refractivity contribution >= 4 is 12.0 Å². The van der Waals surface area contributed by atoms with Gasteiger partial charge < -0.3 is 5.32 Å². The number of nitrogens with one attached hydrogen (secondary N) is 1. The molecule has 1 N–H and O–H groups in total. The van der Waals surface area contributed by atoms with Crippen molar-refractivity contribution in [3.63, 3.8) is 0 Å². The molecular weight excluding hydrogens is 246 g/mol. The number of hydrogen-bond donors (Lipinski definition) is 1. The van der Waals surface area contributed by atoms with Gasteiger partial charge in [-0.15, -0.1) is 0 Å². The van der Waals surface area contributed by atoms with Crippen molar-refractivity contribution in [1.29, 1.82) is 0 Å². The maximum absolute atomic E-state index is 11.8. The van der Waals surface area contributed by atoms with Crippen molar-refractivity contribution in [1.82, 2.24) is 5.32 Å². The van der Waals surface area contributed by atoms with E-state index in [4.69, 9.17) is 0 Å². The lowest BCUT2D eigenvalue weighted by atomic mass is 10.0. The van der Waals surface area contributed by atoms with Crippen LogP contribution in [0.4, 0.5) is 0 Å². The van der Waals surface area contributed by atoms with E-state index in [1.807, 2.05) is 54.6 Å². The molecule has 2 nitrogen and oxygen atoms in total. The zero-order chi connectivity index (χ0) is 14.2. The van der Waals surface area contributed by atoms with E-state index in [9.17, 15) is 4.79 Å². The van der Waals surface area contributed by atoms with Crippen molar-refractivity contribution in [2.45, 2.75) is 12.8 Å². The Kier molecular flexibility index (Phi) is 5.13. The minimum Gasteiger partial charge on any atom is -0.352 e.